The Bertz CT molecular complexity index is 263. The van der Waals surface area contributed by atoms with E-state index in [0.717, 1.165) is 0 Å². The van der Waals surface area contributed by atoms with Crippen LogP contribution in [0.25, 0.3) is 0 Å². The van der Waals surface area contributed by atoms with Crippen LogP contribution in [0.15, 0.2) is 0 Å². The van der Waals surface area contributed by atoms with Gasteiger partial charge in [0.05, 0.1) is 0 Å². The SMILES string of the molecule is CC(C)NC(=O)C(C)NC(=O)CC(=O)O. The number of carboxylic acids is 1. The molecule has 0 saturated carbocycles. The van der Waals surface area contributed by atoms with Gasteiger partial charge in [-0.15, -0.1) is 0 Å². The number of aliphatic carboxylic acids is 1. The number of hydrogen-bond acceptors (Lipinski definition) is 3. The van der Waals surface area contributed by atoms with Crippen LogP contribution >= 0.6 is 0 Å². The molecule has 0 aliphatic rings. The van der Waals surface area contributed by atoms with Crippen molar-refractivity contribution in [2.24, 2.45) is 0 Å². The predicted molar refractivity (Wildman–Crippen MR) is 53.1 cm³/mol. The third-order valence-electron chi connectivity index (χ3n) is 1.51. The lowest BCUT2D eigenvalue weighted by molar-refractivity contribution is -0.141. The van der Waals surface area contributed by atoms with E-state index in [-0.39, 0.29) is 11.9 Å². The minimum atomic E-state index is -1.22. The molecule has 6 heteroatoms. The molecule has 0 aromatic carbocycles. The zero-order valence-corrected chi connectivity index (χ0v) is 9.03. The van der Waals surface area contributed by atoms with Crippen LogP contribution in [0.1, 0.15) is 27.2 Å². The van der Waals surface area contributed by atoms with E-state index < -0.39 is 24.3 Å². The van der Waals surface area contributed by atoms with Gasteiger partial charge in [-0.2, -0.15) is 0 Å². The van der Waals surface area contributed by atoms with Crippen LogP contribution in [0.4, 0.5) is 0 Å². The Labute approximate surface area is 88.0 Å². The Morgan fingerprint density at radius 3 is 2.07 bits per heavy atom. The Morgan fingerprint density at radius 2 is 1.67 bits per heavy atom. The highest BCUT2D eigenvalue weighted by Gasteiger charge is 2.17. The second-order valence-corrected chi connectivity index (χ2v) is 3.52. The maximum atomic E-state index is 11.3. The monoisotopic (exact) mass is 216 g/mol. The topological polar surface area (TPSA) is 95.5 Å². The van der Waals surface area contributed by atoms with Crippen LogP contribution in [0, 0.1) is 0 Å². The molecule has 0 fully saturated rings. The molecule has 0 radical (unpaired) electrons. The molecule has 0 aliphatic heterocycles. The van der Waals surface area contributed by atoms with Gasteiger partial charge in [0.15, 0.2) is 0 Å². The molecule has 86 valence electrons. The number of rotatable bonds is 5. The van der Waals surface area contributed by atoms with Crippen molar-refractivity contribution in [2.45, 2.75) is 39.3 Å². The van der Waals surface area contributed by atoms with Crippen LogP contribution < -0.4 is 10.6 Å². The summed E-state index contributed by atoms with van der Waals surface area (Å²) in [6.45, 7) is 5.09. The molecule has 0 aromatic heterocycles. The fourth-order valence-corrected chi connectivity index (χ4v) is 0.905. The Morgan fingerprint density at radius 1 is 1.13 bits per heavy atom. The fraction of sp³-hybridized carbons (Fsp3) is 0.667. The average molecular weight is 216 g/mol. The van der Waals surface area contributed by atoms with Crippen molar-refractivity contribution >= 4 is 17.8 Å². The summed E-state index contributed by atoms with van der Waals surface area (Å²) >= 11 is 0. The average Bonchev–Trinajstić information content (AvgIpc) is 2.00. The minimum absolute atomic E-state index is 0.0173. The van der Waals surface area contributed by atoms with Crippen LogP contribution in [-0.4, -0.2) is 35.0 Å². The standard InChI is InChI=1S/C9H16N2O4/c1-5(2)10-9(15)6(3)11-7(12)4-8(13)14/h5-6H,4H2,1-3H3,(H,10,15)(H,11,12)(H,13,14). The summed E-state index contributed by atoms with van der Waals surface area (Å²) in [4.78, 5) is 32.5. The number of carbonyl (C=O) groups excluding carboxylic acids is 2. The summed E-state index contributed by atoms with van der Waals surface area (Å²) in [6.07, 6.45) is -0.626. The van der Waals surface area contributed by atoms with E-state index in [1.54, 1.807) is 13.8 Å². The molecule has 0 aromatic rings. The van der Waals surface area contributed by atoms with Crippen molar-refractivity contribution in [2.75, 3.05) is 0 Å². The predicted octanol–water partition coefficient (Wildman–Crippen LogP) is -0.510. The maximum absolute atomic E-state index is 11.3. The highest BCUT2D eigenvalue weighted by molar-refractivity contribution is 5.95. The fourth-order valence-electron chi connectivity index (χ4n) is 0.905. The molecule has 15 heavy (non-hydrogen) atoms. The first kappa shape index (κ1) is 13.4. The number of carboxylic acid groups (broad SMARTS) is 1. The number of amides is 2. The van der Waals surface area contributed by atoms with Gasteiger partial charge >= 0.3 is 5.97 Å². The van der Waals surface area contributed by atoms with Crippen molar-refractivity contribution in [3.63, 3.8) is 0 Å². The van der Waals surface area contributed by atoms with Gasteiger partial charge in [-0.3, -0.25) is 14.4 Å². The lowest BCUT2D eigenvalue weighted by Crippen LogP contribution is -2.47. The summed E-state index contributed by atoms with van der Waals surface area (Å²) in [5.41, 5.74) is 0. The Hall–Kier alpha value is -1.59. The van der Waals surface area contributed by atoms with Crippen molar-refractivity contribution < 1.29 is 19.5 Å². The molecule has 6 nitrogen and oxygen atoms in total. The smallest absolute Gasteiger partial charge is 0.312 e. The quantitative estimate of drug-likeness (QED) is 0.539. The van der Waals surface area contributed by atoms with Gasteiger partial charge in [0.2, 0.25) is 11.8 Å². The van der Waals surface area contributed by atoms with E-state index in [2.05, 4.69) is 10.6 Å². The minimum Gasteiger partial charge on any atom is -0.481 e. The first-order valence-corrected chi connectivity index (χ1v) is 4.64. The molecule has 0 rings (SSSR count). The molecule has 1 atom stereocenters. The second-order valence-electron chi connectivity index (χ2n) is 3.52. The van der Waals surface area contributed by atoms with Gasteiger partial charge in [-0.25, -0.2) is 0 Å². The molecule has 0 aliphatic carbocycles. The first-order valence-electron chi connectivity index (χ1n) is 4.64. The molecule has 0 saturated heterocycles. The van der Waals surface area contributed by atoms with E-state index in [1.807, 2.05) is 0 Å². The van der Waals surface area contributed by atoms with Gasteiger partial charge in [0.25, 0.3) is 0 Å². The van der Waals surface area contributed by atoms with E-state index >= 15 is 0 Å². The molecule has 0 heterocycles. The Balaban J connectivity index is 4.01. The van der Waals surface area contributed by atoms with Crippen molar-refractivity contribution in [1.29, 1.82) is 0 Å². The van der Waals surface area contributed by atoms with Gasteiger partial charge in [-0.05, 0) is 20.8 Å². The van der Waals surface area contributed by atoms with E-state index in [1.165, 1.54) is 6.92 Å². The molecule has 2 amide bonds. The molecule has 0 bridgehead atoms. The summed E-state index contributed by atoms with van der Waals surface area (Å²) in [7, 11) is 0. The van der Waals surface area contributed by atoms with Crippen LogP contribution in [0.2, 0.25) is 0 Å². The summed E-state index contributed by atoms with van der Waals surface area (Å²) < 4.78 is 0. The van der Waals surface area contributed by atoms with Crippen molar-refractivity contribution in [1.82, 2.24) is 10.6 Å². The molecular weight excluding hydrogens is 200 g/mol. The van der Waals surface area contributed by atoms with Gasteiger partial charge in [0, 0.05) is 6.04 Å². The maximum Gasteiger partial charge on any atom is 0.312 e. The molecule has 3 N–H and O–H groups in total. The summed E-state index contributed by atoms with van der Waals surface area (Å²) in [5.74, 6) is -2.22. The van der Waals surface area contributed by atoms with Gasteiger partial charge in [-0.1, -0.05) is 0 Å². The lowest BCUT2D eigenvalue weighted by Gasteiger charge is -2.15. The Kier molecular flexibility index (Phi) is 5.36. The van der Waals surface area contributed by atoms with E-state index in [0.29, 0.717) is 0 Å². The molecule has 0 spiro atoms. The highest BCUT2D eigenvalue weighted by Crippen LogP contribution is 1.88. The summed E-state index contributed by atoms with van der Waals surface area (Å²) in [5, 5.41) is 13.2. The van der Waals surface area contributed by atoms with Gasteiger partial charge < -0.3 is 15.7 Å². The first-order chi connectivity index (χ1) is 6.82. The number of hydrogen-bond donors (Lipinski definition) is 3. The van der Waals surface area contributed by atoms with Crippen LogP contribution in [0.5, 0.6) is 0 Å². The normalized spacial score (nSPS) is 12.0. The number of nitrogens with one attached hydrogen (secondary N) is 2. The largest absolute Gasteiger partial charge is 0.481 e. The molecular formula is C9H16N2O4. The number of carbonyl (C=O) groups is 3. The van der Waals surface area contributed by atoms with E-state index in [9.17, 15) is 14.4 Å². The van der Waals surface area contributed by atoms with Crippen molar-refractivity contribution in [3.8, 4) is 0 Å². The zero-order valence-electron chi connectivity index (χ0n) is 9.03. The zero-order chi connectivity index (χ0) is 12.0. The van der Waals surface area contributed by atoms with Gasteiger partial charge in [0.1, 0.15) is 12.5 Å². The highest BCUT2D eigenvalue weighted by atomic mass is 16.4. The van der Waals surface area contributed by atoms with E-state index in [4.69, 9.17) is 5.11 Å². The van der Waals surface area contributed by atoms with Crippen LogP contribution in [-0.2, 0) is 14.4 Å². The third kappa shape index (κ3) is 6.48. The second kappa shape index (κ2) is 6.00. The lowest BCUT2D eigenvalue weighted by atomic mass is 10.2. The van der Waals surface area contributed by atoms with Crippen LogP contribution in [0.3, 0.4) is 0 Å². The van der Waals surface area contributed by atoms with Crippen molar-refractivity contribution in [3.05, 3.63) is 0 Å². The molecule has 1 unspecified atom stereocenters. The summed E-state index contributed by atoms with van der Waals surface area (Å²) in [6, 6.07) is -0.740. The third-order valence-corrected chi connectivity index (χ3v) is 1.51.